The Bertz CT molecular complexity index is 1850. The first-order chi connectivity index (χ1) is 24.2. The van der Waals surface area contributed by atoms with Gasteiger partial charge in [0.2, 0.25) is 5.95 Å². The molecule has 7 nitrogen and oxygen atoms in total. The number of carbonyl (C=O) groups excluding carboxylic acids is 1. The SMILES string of the molecule is COc1cc(C)c(C(C)C)cc1-c1ccc(C(F)(F)F)cc1CN(Cc1cc(C(F)(F)F)cc(C(F)(F)F)c1)c1ncc(OCCCC(=O)[O-])cn1.[Na+]. The van der Waals surface area contributed by atoms with E-state index in [4.69, 9.17) is 9.47 Å². The number of aliphatic carboxylic acids is 1. The number of halogens is 9. The van der Waals surface area contributed by atoms with E-state index < -0.39 is 59.8 Å². The maximum Gasteiger partial charge on any atom is 1.00 e. The monoisotopic (exact) mass is 765 g/mol. The van der Waals surface area contributed by atoms with Crippen LogP contribution in [-0.4, -0.2) is 29.7 Å². The van der Waals surface area contributed by atoms with E-state index in [1.807, 2.05) is 20.8 Å². The number of hydrogen-bond acceptors (Lipinski definition) is 7. The summed E-state index contributed by atoms with van der Waals surface area (Å²) in [7, 11) is 1.38. The molecular formula is C36H33F9N3NaO4. The van der Waals surface area contributed by atoms with Gasteiger partial charge in [0.05, 0.1) is 42.8 Å². The molecule has 3 aromatic carbocycles. The molecule has 0 atom stereocenters. The smallest absolute Gasteiger partial charge is 0.550 e. The molecule has 0 fully saturated rings. The van der Waals surface area contributed by atoms with Crippen LogP contribution in [0, 0.1) is 6.92 Å². The van der Waals surface area contributed by atoms with Crippen LogP contribution in [0.15, 0.2) is 60.9 Å². The molecule has 4 aromatic rings. The molecular weight excluding hydrogens is 732 g/mol. The van der Waals surface area contributed by atoms with Gasteiger partial charge in [0.15, 0.2) is 5.75 Å². The average molecular weight is 766 g/mol. The molecule has 1 aromatic heterocycles. The van der Waals surface area contributed by atoms with Gasteiger partial charge in [0.1, 0.15) is 5.75 Å². The molecule has 0 N–H and O–H groups in total. The number of aryl methyl sites for hydroxylation is 1. The van der Waals surface area contributed by atoms with Gasteiger partial charge >= 0.3 is 48.1 Å². The van der Waals surface area contributed by atoms with Gasteiger partial charge < -0.3 is 24.3 Å². The number of nitrogens with zero attached hydrogens (tertiary/aromatic N) is 3. The van der Waals surface area contributed by atoms with E-state index in [2.05, 4.69) is 9.97 Å². The molecule has 0 aliphatic rings. The Morgan fingerprint density at radius 1 is 0.811 bits per heavy atom. The van der Waals surface area contributed by atoms with E-state index in [0.717, 1.165) is 40.6 Å². The van der Waals surface area contributed by atoms with E-state index in [0.29, 0.717) is 23.4 Å². The first-order valence-electron chi connectivity index (χ1n) is 15.7. The van der Waals surface area contributed by atoms with E-state index in [1.54, 1.807) is 12.1 Å². The molecule has 280 valence electrons. The minimum Gasteiger partial charge on any atom is -0.550 e. The zero-order valence-corrected chi connectivity index (χ0v) is 31.3. The van der Waals surface area contributed by atoms with E-state index in [9.17, 15) is 49.4 Å². The van der Waals surface area contributed by atoms with Gasteiger partial charge in [-0.25, -0.2) is 9.97 Å². The Kier molecular flexibility index (Phi) is 14.3. The van der Waals surface area contributed by atoms with Crippen molar-refractivity contribution in [2.45, 2.75) is 71.1 Å². The fraction of sp³-hybridized carbons (Fsp3) is 0.361. The number of ether oxygens (including phenoxy) is 2. The molecule has 17 heteroatoms. The predicted octanol–water partition coefficient (Wildman–Crippen LogP) is 5.76. The van der Waals surface area contributed by atoms with Crippen molar-refractivity contribution in [1.29, 1.82) is 0 Å². The van der Waals surface area contributed by atoms with Crippen molar-refractivity contribution in [3.8, 4) is 22.6 Å². The van der Waals surface area contributed by atoms with Gasteiger partial charge in [-0.2, -0.15) is 39.5 Å². The van der Waals surface area contributed by atoms with Crippen LogP contribution in [0.1, 0.15) is 71.6 Å². The molecule has 4 rings (SSSR count). The number of carboxylic acid groups (broad SMARTS) is 1. The minimum absolute atomic E-state index is 0. The van der Waals surface area contributed by atoms with E-state index >= 15 is 0 Å². The van der Waals surface area contributed by atoms with Crippen LogP contribution in [-0.2, 0) is 36.4 Å². The summed E-state index contributed by atoms with van der Waals surface area (Å²) in [6, 6.07) is 7.42. The Hall–Kier alpha value is -4.02. The maximum absolute atomic E-state index is 14.1. The van der Waals surface area contributed by atoms with Crippen molar-refractivity contribution >= 4 is 11.9 Å². The standard InChI is InChI=1S/C36H34F9N3O4.Na/c1-20(2)29-15-30(31(51-4)10-21(29)3)28-8-7-24(34(37,38)39)13-23(28)19-48(33-46-16-27(17-47-33)52-9-5-6-32(49)50)18-22-11-25(35(40,41)42)14-26(12-22)36(43,44)45;/h7-8,10-17,20H,5-6,9,18-19H2,1-4H3,(H,49,50);/q;+1/p-1. The van der Waals surface area contributed by atoms with Crippen LogP contribution in [0.3, 0.4) is 0 Å². The number of rotatable bonds is 13. The van der Waals surface area contributed by atoms with Crippen molar-refractivity contribution in [3.05, 3.63) is 99.9 Å². The second-order valence-corrected chi connectivity index (χ2v) is 12.2. The number of benzene rings is 3. The molecule has 0 aliphatic carbocycles. The first-order valence-corrected chi connectivity index (χ1v) is 15.7. The van der Waals surface area contributed by atoms with Crippen molar-refractivity contribution in [3.63, 3.8) is 0 Å². The summed E-state index contributed by atoms with van der Waals surface area (Å²) >= 11 is 0. The van der Waals surface area contributed by atoms with Crippen LogP contribution in [0.4, 0.5) is 45.5 Å². The Morgan fingerprint density at radius 3 is 1.91 bits per heavy atom. The molecule has 0 spiro atoms. The molecule has 1 heterocycles. The van der Waals surface area contributed by atoms with Crippen LogP contribution < -0.4 is 49.0 Å². The van der Waals surface area contributed by atoms with Gasteiger partial charge in [0.25, 0.3) is 0 Å². The summed E-state index contributed by atoms with van der Waals surface area (Å²) in [5.74, 6) is -1.20. The van der Waals surface area contributed by atoms with Crippen LogP contribution in [0.2, 0.25) is 0 Å². The fourth-order valence-corrected chi connectivity index (χ4v) is 5.55. The van der Waals surface area contributed by atoms with E-state index in [-0.39, 0.29) is 83.8 Å². The second-order valence-electron chi connectivity index (χ2n) is 12.2. The van der Waals surface area contributed by atoms with Crippen molar-refractivity contribution in [2.24, 2.45) is 0 Å². The summed E-state index contributed by atoms with van der Waals surface area (Å²) in [4.78, 5) is 20.1. The van der Waals surface area contributed by atoms with Gasteiger partial charge in [-0.05, 0) is 96.0 Å². The van der Waals surface area contributed by atoms with Crippen molar-refractivity contribution < 1.29 is 88.4 Å². The largest absolute Gasteiger partial charge is 1.00 e. The van der Waals surface area contributed by atoms with Gasteiger partial charge in [-0.3, -0.25) is 0 Å². The molecule has 53 heavy (non-hydrogen) atoms. The van der Waals surface area contributed by atoms with Crippen LogP contribution >= 0.6 is 0 Å². The minimum atomic E-state index is -5.16. The summed E-state index contributed by atoms with van der Waals surface area (Å²) in [5, 5.41) is 10.7. The number of carboxylic acids is 1. The number of aromatic nitrogens is 2. The Morgan fingerprint density at radius 2 is 1.40 bits per heavy atom. The van der Waals surface area contributed by atoms with Crippen molar-refractivity contribution in [1.82, 2.24) is 9.97 Å². The number of alkyl halides is 9. The second kappa shape index (κ2) is 17.4. The summed E-state index contributed by atoms with van der Waals surface area (Å²) in [6.07, 6.45) is -13.1. The topological polar surface area (TPSA) is 87.6 Å². The molecule has 0 bridgehead atoms. The third kappa shape index (κ3) is 11.5. The number of methoxy groups -OCH3 is 1. The number of anilines is 1. The molecule has 0 saturated carbocycles. The van der Waals surface area contributed by atoms with Gasteiger partial charge in [-0.15, -0.1) is 0 Å². The van der Waals surface area contributed by atoms with Gasteiger partial charge in [-0.1, -0.05) is 19.9 Å². The molecule has 0 aliphatic heterocycles. The summed E-state index contributed by atoms with van der Waals surface area (Å²) in [6.45, 7) is 4.40. The third-order valence-corrected chi connectivity index (χ3v) is 8.01. The molecule has 0 saturated heterocycles. The van der Waals surface area contributed by atoms with Gasteiger partial charge in [0, 0.05) is 24.6 Å². The zero-order chi connectivity index (χ0) is 38.6. The quantitative estimate of drug-likeness (QED) is 0.0973. The summed E-state index contributed by atoms with van der Waals surface area (Å²) in [5.41, 5.74) is -2.33. The van der Waals surface area contributed by atoms with E-state index in [1.165, 1.54) is 13.2 Å². The number of hydrogen-bond donors (Lipinski definition) is 0. The maximum atomic E-state index is 14.1. The normalized spacial score (nSPS) is 12.0. The fourth-order valence-electron chi connectivity index (χ4n) is 5.55. The zero-order valence-electron chi connectivity index (χ0n) is 29.3. The average Bonchev–Trinajstić information content (AvgIpc) is 3.05. The Balaban J connectivity index is 0.00000756. The van der Waals surface area contributed by atoms with Crippen LogP contribution in [0.25, 0.3) is 11.1 Å². The third-order valence-electron chi connectivity index (χ3n) is 8.01. The predicted molar refractivity (Wildman–Crippen MR) is 170 cm³/mol. The van der Waals surface area contributed by atoms with Crippen LogP contribution in [0.5, 0.6) is 11.5 Å². The molecule has 0 unspecified atom stereocenters. The van der Waals surface area contributed by atoms with Crippen molar-refractivity contribution in [2.75, 3.05) is 18.6 Å². The summed E-state index contributed by atoms with van der Waals surface area (Å²) < 4.78 is 136. The molecule has 0 amide bonds. The first kappa shape index (κ1) is 43.4. The number of carbonyl (C=O) groups is 1. The Labute approximate surface area is 321 Å². The molecule has 0 radical (unpaired) electrons.